The lowest BCUT2D eigenvalue weighted by Gasteiger charge is -2.11. The molecule has 0 amide bonds. The quantitative estimate of drug-likeness (QED) is 0.688. The number of ether oxygens (including phenoxy) is 2. The van der Waals surface area contributed by atoms with Crippen molar-refractivity contribution in [2.45, 2.75) is 13.3 Å². The molecule has 0 N–H and O–H groups in total. The number of hydrogen-bond donors (Lipinski definition) is 0. The van der Waals surface area contributed by atoms with E-state index < -0.39 is 0 Å². The van der Waals surface area contributed by atoms with E-state index in [9.17, 15) is 0 Å². The van der Waals surface area contributed by atoms with Gasteiger partial charge >= 0.3 is 0 Å². The summed E-state index contributed by atoms with van der Waals surface area (Å²) in [4.78, 5) is 0. The molecule has 0 aliphatic heterocycles. The molecule has 6 heteroatoms. The third-order valence-corrected chi connectivity index (χ3v) is 2.78. The minimum Gasteiger partial charge on any atom is -0.490 e. The van der Waals surface area contributed by atoms with Crippen LogP contribution >= 0.6 is 46.4 Å². The molecule has 0 aliphatic carbocycles. The SMILES string of the molecule is CCCOc1c(Cl)cc(OCC=C(Cl)Cl)cc1Cl. The summed E-state index contributed by atoms with van der Waals surface area (Å²) in [5.41, 5.74) is 0. The molecule has 0 bridgehead atoms. The third kappa shape index (κ3) is 5.15. The predicted molar refractivity (Wildman–Crippen MR) is 77.5 cm³/mol. The molecule has 100 valence electrons. The Morgan fingerprint density at radius 3 is 2.28 bits per heavy atom. The van der Waals surface area contributed by atoms with Crippen molar-refractivity contribution in [2.75, 3.05) is 13.2 Å². The summed E-state index contributed by atoms with van der Waals surface area (Å²) in [5, 5.41) is 0.818. The minimum absolute atomic E-state index is 0.148. The largest absolute Gasteiger partial charge is 0.490 e. The first kappa shape index (κ1) is 15.8. The van der Waals surface area contributed by atoms with Crippen LogP contribution in [0.4, 0.5) is 0 Å². The molecule has 1 rings (SSSR count). The van der Waals surface area contributed by atoms with Crippen LogP contribution in [0.15, 0.2) is 22.7 Å². The maximum Gasteiger partial charge on any atom is 0.156 e. The van der Waals surface area contributed by atoms with Gasteiger partial charge in [-0.05, 0) is 12.5 Å². The Hall–Kier alpha value is -0.280. The van der Waals surface area contributed by atoms with Crippen molar-refractivity contribution in [1.29, 1.82) is 0 Å². The van der Waals surface area contributed by atoms with Gasteiger partial charge in [-0.15, -0.1) is 0 Å². The Morgan fingerprint density at radius 2 is 1.78 bits per heavy atom. The second kappa shape index (κ2) is 8.00. The molecule has 0 saturated heterocycles. The Bertz CT molecular complexity index is 405. The van der Waals surface area contributed by atoms with E-state index in [0.29, 0.717) is 28.2 Å². The highest BCUT2D eigenvalue weighted by atomic mass is 35.5. The molecule has 0 spiro atoms. The van der Waals surface area contributed by atoms with E-state index in [2.05, 4.69) is 0 Å². The van der Waals surface area contributed by atoms with E-state index in [1.165, 1.54) is 6.08 Å². The predicted octanol–water partition coefficient (Wildman–Crippen LogP) is 5.48. The molecule has 0 heterocycles. The summed E-state index contributed by atoms with van der Waals surface area (Å²) in [7, 11) is 0. The topological polar surface area (TPSA) is 18.5 Å². The summed E-state index contributed by atoms with van der Waals surface area (Å²) in [6, 6.07) is 3.27. The summed E-state index contributed by atoms with van der Waals surface area (Å²) in [6.07, 6.45) is 2.40. The Kier molecular flexibility index (Phi) is 7.02. The zero-order chi connectivity index (χ0) is 13.5. The summed E-state index contributed by atoms with van der Waals surface area (Å²) < 4.78 is 11.0. The molecule has 1 aromatic rings. The molecule has 0 unspecified atom stereocenters. The molecule has 1 aromatic carbocycles. The number of halogens is 4. The van der Waals surface area contributed by atoms with E-state index in [0.717, 1.165) is 6.42 Å². The number of rotatable bonds is 6. The van der Waals surface area contributed by atoms with Gasteiger partial charge < -0.3 is 9.47 Å². The standard InChI is InChI=1S/C12H12Cl4O2/c1-2-4-18-12-9(13)6-8(7-10(12)14)17-5-3-11(15)16/h3,6-7H,2,4-5H2,1H3. The Labute approximate surface area is 126 Å². The summed E-state index contributed by atoms with van der Waals surface area (Å²) in [6.45, 7) is 2.80. The normalized spacial score (nSPS) is 10.1. The van der Waals surface area contributed by atoms with Crippen molar-refractivity contribution < 1.29 is 9.47 Å². The molecular weight excluding hydrogens is 318 g/mol. The van der Waals surface area contributed by atoms with E-state index in [1.807, 2.05) is 6.92 Å². The first-order valence-electron chi connectivity index (χ1n) is 5.30. The van der Waals surface area contributed by atoms with Crippen molar-refractivity contribution in [2.24, 2.45) is 0 Å². The molecule has 0 aliphatic rings. The lowest BCUT2D eigenvalue weighted by atomic mass is 10.3. The number of benzene rings is 1. The Morgan fingerprint density at radius 1 is 1.17 bits per heavy atom. The average molecular weight is 330 g/mol. The summed E-state index contributed by atoms with van der Waals surface area (Å²) >= 11 is 23.0. The average Bonchev–Trinajstić information content (AvgIpc) is 2.27. The highest BCUT2D eigenvalue weighted by Gasteiger charge is 2.10. The van der Waals surface area contributed by atoms with Gasteiger partial charge in [-0.3, -0.25) is 0 Å². The highest BCUT2D eigenvalue weighted by Crippen LogP contribution is 2.37. The van der Waals surface area contributed by atoms with Crippen molar-refractivity contribution >= 4 is 46.4 Å². The van der Waals surface area contributed by atoms with Gasteiger partial charge in [0.05, 0.1) is 16.7 Å². The van der Waals surface area contributed by atoms with E-state index in [4.69, 9.17) is 55.9 Å². The second-order valence-electron chi connectivity index (χ2n) is 3.37. The highest BCUT2D eigenvalue weighted by molar-refractivity contribution is 6.55. The lowest BCUT2D eigenvalue weighted by Crippen LogP contribution is -1.98. The zero-order valence-corrected chi connectivity index (χ0v) is 12.7. The van der Waals surface area contributed by atoms with Gasteiger partial charge in [-0.25, -0.2) is 0 Å². The zero-order valence-electron chi connectivity index (χ0n) is 9.68. The minimum atomic E-state index is 0.148. The third-order valence-electron chi connectivity index (χ3n) is 1.91. The van der Waals surface area contributed by atoms with Gasteiger partial charge in [0.2, 0.25) is 0 Å². The fourth-order valence-electron chi connectivity index (χ4n) is 1.16. The fourth-order valence-corrected chi connectivity index (χ4v) is 1.87. The molecule has 0 radical (unpaired) electrons. The van der Waals surface area contributed by atoms with E-state index >= 15 is 0 Å². The maximum atomic E-state index is 6.05. The molecule has 0 atom stereocenters. The van der Waals surface area contributed by atoms with Gasteiger partial charge in [0.1, 0.15) is 16.8 Å². The first-order chi connectivity index (χ1) is 8.54. The summed E-state index contributed by atoms with van der Waals surface area (Å²) in [5.74, 6) is 0.998. The van der Waals surface area contributed by atoms with Crippen LogP contribution in [0.25, 0.3) is 0 Å². The van der Waals surface area contributed by atoms with Crippen LogP contribution < -0.4 is 9.47 Å². The fraction of sp³-hybridized carbons (Fsp3) is 0.333. The van der Waals surface area contributed by atoms with Crippen LogP contribution in [0.1, 0.15) is 13.3 Å². The van der Waals surface area contributed by atoms with Gasteiger partial charge in [-0.1, -0.05) is 53.3 Å². The molecule has 0 saturated carbocycles. The Balaban J connectivity index is 2.76. The van der Waals surface area contributed by atoms with Gasteiger partial charge in [0.25, 0.3) is 0 Å². The monoisotopic (exact) mass is 328 g/mol. The second-order valence-corrected chi connectivity index (χ2v) is 5.19. The molecule has 2 nitrogen and oxygen atoms in total. The lowest BCUT2D eigenvalue weighted by molar-refractivity contribution is 0.316. The van der Waals surface area contributed by atoms with E-state index in [1.54, 1.807) is 12.1 Å². The van der Waals surface area contributed by atoms with Gasteiger partial charge in [0.15, 0.2) is 5.75 Å². The first-order valence-corrected chi connectivity index (χ1v) is 6.81. The van der Waals surface area contributed by atoms with Gasteiger partial charge in [0, 0.05) is 12.1 Å². The maximum absolute atomic E-state index is 6.05. The van der Waals surface area contributed by atoms with Crippen LogP contribution in [0, 0.1) is 0 Å². The van der Waals surface area contributed by atoms with Crippen molar-refractivity contribution in [3.8, 4) is 11.5 Å². The van der Waals surface area contributed by atoms with Crippen molar-refractivity contribution in [3.63, 3.8) is 0 Å². The molecular formula is C12H12Cl4O2. The van der Waals surface area contributed by atoms with E-state index in [-0.39, 0.29) is 11.1 Å². The molecule has 18 heavy (non-hydrogen) atoms. The van der Waals surface area contributed by atoms with Crippen LogP contribution in [-0.2, 0) is 0 Å². The molecule has 0 aromatic heterocycles. The number of hydrogen-bond acceptors (Lipinski definition) is 2. The van der Waals surface area contributed by atoms with Gasteiger partial charge in [-0.2, -0.15) is 0 Å². The van der Waals surface area contributed by atoms with Crippen molar-refractivity contribution in [1.82, 2.24) is 0 Å². The van der Waals surface area contributed by atoms with Crippen LogP contribution in [0.5, 0.6) is 11.5 Å². The van der Waals surface area contributed by atoms with Crippen LogP contribution in [0.3, 0.4) is 0 Å². The van der Waals surface area contributed by atoms with Crippen molar-refractivity contribution in [3.05, 3.63) is 32.7 Å². The molecule has 0 fully saturated rings. The van der Waals surface area contributed by atoms with Crippen LogP contribution in [0.2, 0.25) is 10.0 Å². The smallest absolute Gasteiger partial charge is 0.156 e. The van der Waals surface area contributed by atoms with Crippen LogP contribution in [-0.4, -0.2) is 13.2 Å².